The average Bonchev–Trinajstić information content (AvgIpc) is 3.18. The van der Waals surface area contributed by atoms with E-state index in [0.29, 0.717) is 17.1 Å². The number of carboxylic acid groups (broad SMARTS) is 1. The first-order valence-electron chi connectivity index (χ1n) is 8.46. The summed E-state index contributed by atoms with van der Waals surface area (Å²) in [5.74, 6) is -1.00. The van der Waals surface area contributed by atoms with Crippen molar-refractivity contribution in [3.8, 4) is 11.5 Å². The van der Waals surface area contributed by atoms with E-state index in [1.165, 1.54) is 23.7 Å². The van der Waals surface area contributed by atoms with Gasteiger partial charge in [0.25, 0.3) is 0 Å². The zero-order valence-electron chi connectivity index (χ0n) is 15.1. The van der Waals surface area contributed by atoms with Gasteiger partial charge in [0, 0.05) is 19.5 Å². The predicted octanol–water partition coefficient (Wildman–Crippen LogP) is 1.20. The molecule has 1 amide bonds. The maximum absolute atomic E-state index is 13.1. The largest absolute Gasteiger partial charge is 0.478 e. The summed E-state index contributed by atoms with van der Waals surface area (Å²) in [7, 11) is -4.14. The van der Waals surface area contributed by atoms with Crippen molar-refractivity contribution < 1.29 is 37.8 Å². The monoisotopic (exact) mass is 422 g/mol. The third-order valence-corrected chi connectivity index (χ3v) is 6.07. The number of rotatable bonds is 8. The number of carboxylic acids is 1. The van der Waals surface area contributed by atoms with Crippen LogP contribution in [0.2, 0.25) is 0 Å². The molecular weight excluding hydrogens is 404 g/mol. The molecule has 29 heavy (non-hydrogen) atoms. The van der Waals surface area contributed by atoms with Crippen molar-refractivity contribution in [2.45, 2.75) is 17.9 Å². The number of hydroxylamine groups is 1. The molecule has 3 N–H and O–H groups in total. The summed E-state index contributed by atoms with van der Waals surface area (Å²) in [4.78, 5) is 22.4. The summed E-state index contributed by atoms with van der Waals surface area (Å²) in [6.07, 6.45) is -0.293. The molecule has 0 spiro atoms. The molecule has 0 fully saturated rings. The highest BCUT2D eigenvalue weighted by atomic mass is 32.2. The number of aromatic carboxylic acids is 1. The molecule has 2 aromatic carbocycles. The Kier molecular flexibility index (Phi) is 6.01. The number of nitrogens with zero attached hydrogens (tertiary/aromatic N) is 1. The fourth-order valence-corrected chi connectivity index (χ4v) is 4.22. The smallest absolute Gasteiger partial charge is 0.335 e. The quantitative estimate of drug-likeness (QED) is 0.425. The first-order chi connectivity index (χ1) is 13.8. The zero-order valence-corrected chi connectivity index (χ0v) is 15.9. The van der Waals surface area contributed by atoms with Crippen LogP contribution in [-0.2, 0) is 21.4 Å². The van der Waals surface area contributed by atoms with E-state index in [0.717, 1.165) is 10.4 Å². The summed E-state index contributed by atoms with van der Waals surface area (Å²) >= 11 is 0. The van der Waals surface area contributed by atoms with E-state index >= 15 is 0 Å². The fourth-order valence-electron chi connectivity index (χ4n) is 2.75. The van der Waals surface area contributed by atoms with Crippen molar-refractivity contribution in [3.63, 3.8) is 0 Å². The molecule has 2 aromatic rings. The van der Waals surface area contributed by atoms with Crippen molar-refractivity contribution in [1.29, 1.82) is 0 Å². The lowest BCUT2D eigenvalue weighted by atomic mass is 10.2. The van der Waals surface area contributed by atoms with Crippen LogP contribution < -0.4 is 15.0 Å². The van der Waals surface area contributed by atoms with Crippen LogP contribution >= 0.6 is 0 Å². The first kappa shape index (κ1) is 20.6. The number of benzene rings is 2. The molecule has 0 bridgehead atoms. The standard InChI is InChI=1S/C18H18N2O8S/c21-17(19-24)6-7-20(10-12-4-5-15-16(8-12)28-11-27-15)29(25,26)14-3-1-2-13(9-14)18(22)23/h1-5,8-9,24H,6-7,10-11H2,(H,19,21)(H,22,23). The number of carbonyl (C=O) groups excluding carboxylic acids is 1. The first-order valence-corrected chi connectivity index (χ1v) is 9.90. The SMILES string of the molecule is O=C(CCN(Cc1ccc2c(c1)OCO2)S(=O)(=O)c1cccc(C(=O)O)c1)NO. The van der Waals surface area contributed by atoms with Crippen molar-refractivity contribution in [2.75, 3.05) is 13.3 Å². The van der Waals surface area contributed by atoms with Gasteiger partial charge in [0.15, 0.2) is 11.5 Å². The minimum absolute atomic E-state index is 0.0689. The third kappa shape index (κ3) is 4.65. The van der Waals surface area contributed by atoms with Crippen LogP contribution in [0.1, 0.15) is 22.3 Å². The van der Waals surface area contributed by atoms with Gasteiger partial charge in [0.05, 0.1) is 10.5 Å². The molecule has 0 atom stereocenters. The summed E-state index contributed by atoms with van der Waals surface area (Å²) in [6.45, 7) is -0.269. The number of sulfonamides is 1. The second-order valence-electron chi connectivity index (χ2n) is 6.14. The molecule has 1 aliphatic rings. The van der Waals surface area contributed by atoms with Gasteiger partial charge in [0.1, 0.15) is 0 Å². The fraction of sp³-hybridized carbons (Fsp3) is 0.222. The van der Waals surface area contributed by atoms with Crippen molar-refractivity contribution >= 4 is 21.9 Å². The van der Waals surface area contributed by atoms with E-state index in [1.54, 1.807) is 18.2 Å². The van der Waals surface area contributed by atoms with Crippen LogP contribution in [0.25, 0.3) is 0 Å². The van der Waals surface area contributed by atoms with Crippen LogP contribution in [-0.4, -0.2) is 48.3 Å². The predicted molar refractivity (Wildman–Crippen MR) is 98.1 cm³/mol. The average molecular weight is 422 g/mol. The molecule has 0 unspecified atom stereocenters. The van der Waals surface area contributed by atoms with E-state index in [-0.39, 0.29) is 36.8 Å². The van der Waals surface area contributed by atoms with Gasteiger partial charge in [-0.2, -0.15) is 4.31 Å². The minimum Gasteiger partial charge on any atom is -0.478 e. The molecule has 0 aromatic heterocycles. The highest BCUT2D eigenvalue weighted by Crippen LogP contribution is 2.33. The van der Waals surface area contributed by atoms with Crippen LogP contribution in [0.3, 0.4) is 0 Å². The topological polar surface area (TPSA) is 142 Å². The molecule has 154 valence electrons. The number of carbonyl (C=O) groups is 2. The normalized spacial score (nSPS) is 12.8. The number of fused-ring (bicyclic) bond motifs is 1. The van der Waals surface area contributed by atoms with Gasteiger partial charge in [0.2, 0.25) is 22.7 Å². The lowest BCUT2D eigenvalue weighted by Crippen LogP contribution is -2.34. The third-order valence-electron chi connectivity index (χ3n) is 4.23. The number of ether oxygens (including phenoxy) is 2. The van der Waals surface area contributed by atoms with Gasteiger partial charge in [-0.1, -0.05) is 12.1 Å². The van der Waals surface area contributed by atoms with Gasteiger partial charge in [-0.25, -0.2) is 18.7 Å². The van der Waals surface area contributed by atoms with Crippen LogP contribution in [0.15, 0.2) is 47.4 Å². The summed E-state index contributed by atoms with van der Waals surface area (Å²) in [5, 5.41) is 17.8. The molecular formula is C18H18N2O8S. The second kappa shape index (κ2) is 8.47. The molecule has 1 aliphatic heterocycles. The summed E-state index contributed by atoms with van der Waals surface area (Å²) in [6, 6.07) is 9.88. The number of amides is 1. The molecule has 0 radical (unpaired) electrons. The molecule has 0 saturated heterocycles. The van der Waals surface area contributed by atoms with E-state index in [2.05, 4.69) is 0 Å². The highest BCUT2D eigenvalue weighted by molar-refractivity contribution is 7.89. The summed E-state index contributed by atoms with van der Waals surface area (Å²) < 4.78 is 37.8. The number of hydrogen-bond acceptors (Lipinski definition) is 7. The van der Waals surface area contributed by atoms with Crippen molar-refractivity contribution in [3.05, 3.63) is 53.6 Å². The maximum atomic E-state index is 13.1. The van der Waals surface area contributed by atoms with Gasteiger partial charge in [-0.05, 0) is 35.9 Å². The van der Waals surface area contributed by atoms with Gasteiger partial charge in [-0.15, -0.1) is 0 Å². The lowest BCUT2D eigenvalue weighted by Gasteiger charge is -2.22. The number of hydrogen-bond donors (Lipinski definition) is 3. The number of nitrogens with one attached hydrogen (secondary N) is 1. The van der Waals surface area contributed by atoms with E-state index in [9.17, 15) is 18.0 Å². The zero-order chi connectivity index (χ0) is 21.0. The van der Waals surface area contributed by atoms with Crippen molar-refractivity contribution in [1.82, 2.24) is 9.79 Å². The molecule has 3 rings (SSSR count). The Morgan fingerprint density at radius 3 is 2.59 bits per heavy atom. The van der Waals surface area contributed by atoms with E-state index in [4.69, 9.17) is 19.8 Å². The Bertz CT molecular complexity index is 1040. The van der Waals surface area contributed by atoms with E-state index in [1.807, 2.05) is 0 Å². The molecule has 10 nitrogen and oxygen atoms in total. The Balaban J connectivity index is 1.92. The maximum Gasteiger partial charge on any atom is 0.335 e. The van der Waals surface area contributed by atoms with Gasteiger partial charge >= 0.3 is 5.97 Å². The Morgan fingerprint density at radius 2 is 1.86 bits per heavy atom. The lowest BCUT2D eigenvalue weighted by molar-refractivity contribution is -0.129. The molecule has 0 saturated carbocycles. The Hall–Kier alpha value is -3.15. The Morgan fingerprint density at radius 1 is 1.10 bits per heavy atom. The summed E-state index contributed by atoms with van der Waals surface area (Å²) in [5.41, 5.74) is 1.86. The Labute approximate surface area is 166 Å². The molecule has 11 heteroatoms. The second-order valence-corrected chi connectivity index (χ2v) is 8.08. The molecule has 1 heterocycles. The highest BCUT2D eigenvalue weighted by Gasteiger charge is 2.27. The minimum atomic E-state index is -4.14. The van der Waals surface area contributed by atoms with Crippen LogP contribution in [0.4, 0.5) is 0 Å². The van der Waals surface area contributed by atoms with Crippen LogP contribution in [0, 0.1) is 0 Å². The van der Waals surface area contributed by atoms with Gasteiger partial charge < -0.3 is 14.6 Å². The van der Waals surface area contributed by atoms with Crippen LogP contribution in [0.5, 0.6) is 11.5 Å². The van der Waals surface area contributed by atoms with E-state index < -0.39 is 21.9 Å². The molecule has 0 aliphatic carbocycles. The van der Waals surface area contributed by atoms with Gasteiger partial charge in [-0.3, -0.25) is 10.0 Å². The van der Waals surface area contributed by atoms with Crippen molar-refractivity contribution in [2.24, 2.45) is 0 Å².